The maximum Gasteiger partial charge on any atom is 0.310 e. The Hall–Kier alpha value is -3.15. The minimum absolute atomic E-state index is 0.00155. The molecule has 2 amide bonds. The highest BCUT2D eigenvalue weighted by Gasteiger charge is 2.16. The number of nitrogens with one attached hydrogen (secondary N) is 2. The average molecular weight is 382 g/mol. The fraction of sp³-hybridized carbons (Fsp3) is 0.318. The summed E-state index contributed by atoms with van der Waals surface area (Å²) in [7, 11) is 0. The fourth-order valence-electron chi connectivity index (χ4n) is 2.62. The molecule has 2 rings (SSSR count). The lowest BCUT2D eigenvalue weighted by atomic mass is 9.87. The third-order valence-electron chi connectivity index (χ3n) is 4.46. The van der Waals surface area contributed by atoms with Crippen LogP contribution in [0.1, 0.15) is 55.1 Å². The molecule has 0 spiro atoms. The molecule has 0 bridgehead atoms. The maximum atomic E-state index is 12.2. The molecule has 0 saturated carbocycles. The summed E-state index contributed by atoms with van der Waals surface area (Å²) in [5, 5.41) is 14.3. The number of carboxylic acids is 1. The number of anilines is 1. The number of aliphatic carboxylic acids is 1. The Balaban J connectivity index is 1.93. The second kappa shape index (κ2) is 8.69. The van der Waals surface area contributed by atoms with E-state index in [1.54, 1.807) is 43.3 Å². The molecule has 0 heterocycles. The quantitative estimate of drug-likeness (QED) is 0.712. The van der Waals surface area contributed by atoms with Crippen molar-refractivity contribution in [1.82, 2.24) is 5.32 Å². The molecule has 28 heavy (non-hydrogen) atoms. The number of benzene rings is 2. The standard InChI is InChI=1S/C22H26N2O4/c1-14(21(27)28)16-6-5-7-18(12-16)24-19(25)13-23-20(26)15-8-10-17(11-9-15)22(2,3)4/h5-12,14H,13H2,1-4H3,(H,23,26)(H,24,25)(H,27,28). The number of amides is 2. The summed E-state index contributed by atoms with van der Waals surface area (Å²) in [6.07, 6.45) is 0. The van der Waals surface area contributed by atoms with Crippen LogP contribution in [-0.4, -0.2) is 29.4 Å². The molecule has 0 aliphatic rings. The lowest BCUT2D eigenvalue weighted by molar-refractivity contribution is -0.138. The van der Waals surface area contributed by atoms with E-state index >= 15 is 0 Å². The molecule has 148 valence electrons. The van der Waals surface area contributed by atoms with E-state index in [1.165, 1.54) is 0 Å². The Morgan fingerprint density at radius 1 is 1.04 bits per heavy atom. The van der Waals surface area contributed by atoms with Gasteiger partial charge in [-0.1, -0.05) is 45.0 Å². The smallest absolute Gasteiger partial charge is 0.310 e. The lowest BCUT2D eigenvalue weighted by Crippen LogP contribution is -2.32. The van der Waals surface area contributed by atoms with Crippen LogP contribution in [-0.2, 0) is 15.0 Å². The first-order chi connectivity index (χ1) is 13.1. The van der Waals surface area contributed by atoms with Crippen LogP contribution < -0.4 is 10.6 Å². The molecule has 6 heteroatoms. The SMILES string of the molecule is CC(C(=O)O)c1cccc(NC(=O)CNC(=O)c2ccc(C(C)(C)C)cc2)c1. The minimum Gasteiger partial charge on any atom is -0.481 e. The van der Waals surface area contributed by atoms with Gasteiger partial charge in [0.15, 0.2) is 0 Å². The van der Waals surface area contributed by atoms with E-state index in [0.717, 1.165) is 5.56 Å². The summed E-state index contributed by atoms with van der Waals surface area (Å²) in [5.74, 6) is -2.33. The number of carbonyl (C=O) groups is 3. The molecule has 2 aromatic carbocycles. The number of carbonyl (C=O) groups excluding carboxylic acids is 2. The van der Waals surface area contributed by atoms with E-state index in [0.29, 0.717) is 16.8 Å². The number of carboxylic acid groups (broad SMARTS) is 1. The van der Waals surface area contributed by atoms with Gasteiger partial charge >= 0.3 is 5.97 Å². The molecule has 3 N–H and O–H groups in total. The maximum absolute atomic E-state index is 12.2. The van der Waals surface area contributed by atoms with Crippen LogP contribution in [0.25, 0.3) is 0 Å². The first-order valence-corrected chi connectivity index (χ1v) is 9.09. The molecule has 0 radical (unpaired) electrons. The van der Waals surface area contributed by atoms with Gasteiger partial charge in [0.1, 0.15) is 0 Å². The Bertz CT molecular complexity index is 867. The minimum atomic E-state index is -0.937. The van der Waals surface area contributed by atoms with Crippen LogP contribution in [0.2, 0.25) is 0 Å². The molecule has 0 aromatic heterocycles. The third-order valence-corrected chi connectivity index (χ3v) is 4.46. The molecule has 0 fully saturated rings. The summed E-state index contributed by atoms with van der Waals surface area (Å²) in [6.45, 7) is 7.68. The summed E-state index contributed by atoms with van der Waals surface area (Å²) in [6, 6.07) is 14.0. The molecular weight excluding hydrogens is 356 g/mol. The van der Waals surface area contributed by atoms with Crippen LogP contribution in [0.5, 0.6) is 0 Å². The molecule has 1 unspecified atom stereocenters. The van der Waals surface area contributed by atoms with Gasteiger partial charge in [0.05, 0.1) is 12.5 Å². The Kier molecular flexibility index (Phi) is 6.57. The fourth-order valence-corrected chi connectivity index (χ4v) is 2.62. The van der Waals surface area contributed by atoms with Crippen molar-refractivity contribution < 1.29 is 19.5 Å². The van der Waals surface area contributed by atoms with Gasteiger partial charge < -0.3 is 15.7 Å². The van der Waals surface area contributed by atoms with Crippen molar-refractivity contribution in [3.8, 4) is 0 Å². The highest BCUT2D eigenvalue weighted by Crippen LogP contribution is 2.22. The van der Waals surface area contributed by atoms with Crippen molar-refractivity contribution in [1.29, 1.82) is 0 Å². The van der Waals surface area contributed by atoms with Crippen LogP contribution in [0, 0.1) is 0 Å². The zero-order valence-electron chi connectivity index (χ0n) is 16.6. The zero-order chi connectivity index (χ0) is 20.9. The second-order valence-electron chi connectivity index (χ2n) is 7.74. The Labute approximate surface area is 165 Å². The molecule has 6 nitrogen and oxygen atoms in total. The molecule has 0 aliphatic carbocycles. The van der Waals surface area contributed by atoms with Crippen LogP contribution in [0.15, 0.2) is 48.5 Å². The van der Waals surface area contributed by atoms with Crippen molar-refractivity contribution >= 4 is 23.5 Å². The van der Waals surface area contributed by atoms with E-state index in [2.05, 4.69) is 31.4 Å². The average Bonchev–Trinajstić information content (AvgIpc) is 2.65. The molecule has 0 aliphatic heterocycles. The Morgan fingerprint density at radius 3 is 2.25 bits per heavy atom. The lowest BCUT2D eigenvalue weighted by Gasteiger charge is -2.19. The number of rotatable bonds is 6. The van der Waals surface area contributed by atoms with Crippen molar-refractivity contribution in [2.45, 2.75) is 39.0 Å². The predicted molar refractivity (Wildman–Crippen MR) is 109 cm³/mol. The first-order valence-electron chi connectivity index (χ1n) is 9.09. The van der Waals surface area contributed by atoms with Crippen LogP contribution in [0.4, 0.5) is 5.69 Å². The zero-order valence-corrected chi connectivity index (χ0v) is 16.6. The van der Waals surface area contributed by atoms with Gasteiger partial charge in [-0.3, -0.25) is 14.4 Å². The highest BCUT2D eigenvalue weighted by molar-refractivity contribution is 5.99. The monoisotopic (exact) mass is 382 g/mol. The highest BCUT2D eigenvalue weighted by atomic mass is 16.4. The van der Waals surface area contributed by atoms with E-state index in [1.807, 2.05) is 12.1 Å². The van der Waals surface area contributed by atoms with E-state index in [9.17, 15) is 14.4 Å². The van der Waals surface area contributed by atoms with Gasteiger partial charge in [0.25, 0.3) is 5.91 Å². The van der Waals surface area contributed by atoms with Gasteiger partial charge in [-0.15, -0.1) is 0 Å². The topological polar surface area (TPSA) is 95.5 Å². The molecule has 1 atom stereocenters. The van der Waals surface area contributed by atoms with Crippen LogP contribution >= 0.6 is 0 Å². The van der Waals surface area contributed by atoms with Gasteiger partial charge in [-0.05, 0) is 47.7 Å². The largest absolute Gasteiger partial charge is 0.481 e. The molecular formula is C22H26N2O4. The summed E-state index contributed by atoms with van der Waals surface area (Å²) >= 11 is 0. The Morgan fingerprint density at radius 2 is 1.68 bits per heavy atom. The molecule has 2 aromatic rings. The van der Waals surface area contributed by atoms with Crippen molar-refractivity contribution in [2.75, 3.05) is 11.9 Å². The van der Waals surface area contributed by atoms with Gasteiger partial charge in [0.2, 0.25) is 5.91 Å². The van der Waals surface area contributed by atoms with Crippen molar-refractivity contribution in [3.63, 3.8) is 0 Å². The number of hydrogen-bond donors (Lipinski definition) is 3. The van der Waals surface area contributed by atoms with Gasteiger partial charge in [-0.25, -0.2) is 0 Å². The van der Waals surface area contributed by atoms with Crippen molar-refractivity contribution in [3.05, 3.63) is 65.2 Å². The summed E-state index contributed by atoms with van der Waals surface area (Å²) in [5.41, 5.74) is 2.68. The van der Waals surface area contributed by atoms with Gasteiger partial charge in [-0.2, -0.15) is 0 Å². The molecule has 0 saturated heterocycles. The summed E-state index contributed by atoms with van der Waals surface area (Å²) < 4.78 is 0. The van der Waals surface area contributed by atoms with Crippen LogP contribution in [0.3, 0.4) is 0 Å². The van der Waals surface area contributed by atoms with E-state index < -0.39 is 11.9 Å². The van der Waals surface area contributed by atoms with E-state index in [4.69, 9.17) is 5.11 Å². The van der Waals surface area contributed by atoms with Gasteiger partial charge in [0, 0.05) is 11.3 Å². The number of hydrogen-bond acceptors (Lipinski definition) is 3. The van der Waals surface area contributed by atoms with Crippen molar-refractivity contribution in [2.24, 2.45) is 0 Å². The third kappa shape index (κ3) is 5.67. The van der Waals surface area contributed by atoms with E-state index in [-0.39, 0.29) is 23.8 Å². The second-order valence-corrected chi connectivity index (χ2v) is 7.74. The predicted octanol–water partition coefficient (Wildman–Crippen LogP) is 3.54. The normalized spacial score (nSPS) is 12.1. The first kappa shape index (κ1) is 21.2. The summed E-state index contributed by atoms with van der Waals surface area (Å²) in [4.78, 5) is 35.4.